The zero-order valence-corrected chi connectivity index (χ0v) is 11.4. The fourth-order valence-electron chi connectivity index (χ4n) is 2.04. The predicted molar refractivity (Wildman–Crippen MR) is 75.0 cm³/mol. The van der Waals surface area contributed by atoms with Gasteiger partial charge in [0.1, 0.15) is 5.75 Å². The molecular weight excluding hydrogens is 240 g/mol. The summed E-state index contributed by atoms with van der Waals surface area (Å²) in [6, 6.07) is 5.83. The lowest BCUT2D eigenvalue weighted by Crippen LogP contribution is -2.39. The third-order valence-electron chi connectivity index (χ3n) is 3.07. The second kappa shape index (κ2) is 4.94. The Morgan fingerprint density at radius 3 is 2.95 bits per heavy atom. The van der Waals surface area contributed by atoms with Gasteiger partial charge < -0.3 is 10.1 Å². The molecule has 2 N–H and O–H groups in total. The van der Waals surface area contributed by atoms with Crippen molar-refractivity contribution in [2.75, 3.05) is 11.9 Å². The highest BCUT2D eigenvalue weighted by molar-refractivity contribution is 5.95. The Hall–Kier alpha value is -1.99. The Bertz CT molecular complexity index is 544. The van der Waals surface area contributed by atoms with E-state index in [2.05, 4.69) is 16.6 Å². The van der Waals surface area contributed by atoms with Crippen molar-refractivity contribution in [2.45, 2.75) is 32.4 Å². The Balaban J connectivity index is 2.20. The SMILES string of the molecule is C#CC(C)(C)NC(C)c1ccc2c(c1)NC(=O)CO2. The molecule has 0 radical (unpaired) electrons. The molecule has 1 heterocycles. The Kier molecular flexibility index (Phi) is 3.50. The van der Waals surface area contributed by atoms with Crippen LogP contribution in [0, 0.1) is 12.3 Å². The fraction of sp³-hybridized carbons (Fsp3) is 0.400. The van der Waals surface area contributed by atoms with Crippen LogP contribution in [-0.2, 0) is 4.79 Å². The molecule has 1 unspecified atom stereocenters. The minimum Gasteiger partial charge on any atom is -0.482 e. The molecule has 1 aromatic carbocycles. The van der Waals surface area contributed by atoms with Gasteiger partial charge >= 0.3 is 0 Å². The zero-order chi connectivity index (χ0) is 14.0. The molecule has 1 aromatic rings. The molecule has 0 spiro atoms. The summed E-state index contributed by atoms with van der Waals surface area (Å²) < 4.78 is 5.33. The Morgan fingerprint density at radius 2 is 2.26 bits per heavy atom. The second-order valence-corrected chi connectivity index (χ2v) is 5.23. The van der Waals surface area contributed by atoms with Crippen molar-refractivity contribution in [3.63, 3.8) is 0 Å². The number of amides is 1. The lowest BCUT2D eigenvalue weighted by molar-refractivity contribution is -0.118. The number of carbonyl (C=O) groups is 1. The van der Waals surface area contributed by atoms with E-state index in [1.807, 2.05) is 39.0 Å². The average Bonchev–Trinajstić information content (AvgIpc) is 2.37. The van der Waals surface area contributed by atoms with Crippen LogP contribution in [0.1, 0.15) is 32.4 Å². The maximum Gasteiger partial charge on any atom is 0.262 e. The zero-order valence-electron chi connectivity index (χ0n) is 11.4. The monoisotopic (exact) mass is 258 g/mol. The summed E-state index contributed by atoms with van der Waals surface area (Å²) in [5.74, 6) is 3.28. The molecule has 100 valence electrons. The smallest absolute Gasteiger partial charge is 0.262 e. The summed E-state index contributed by atoms with van der Waals surface area (Å²) in [7, 11) is 0. The van der Waals surface area contributed by atoms with Crippen molar-refractivity contribution in [3.05, 3.63) is 23.8 Å². The molecule has 0 aromatic heterocycles. The van der Waals surface area contributed by atoms with E-state index >= 15 is 0 Å². The van der Waals surface area contributed by atoms with Crippen molar-refractivity contribution in [2.24, 2.45) is 0 Å². The van der Waals surface area contributed by atoms with E-state index in [-0.39, 0.29) is 24.1 Å². The predicted octanol–water partition coefficient (Wildman–Crippen LogP) is 2.08. The minimum absolute atomic E-state index is 0.0737. The maximum atomic E-state index is 11.3. The van der Waals surface area contributed by atoms with E-state index in [1.54, 1.807) is 0 Å². The lowest BCUT2D eigenvalue weighted by atomic mass is 10.0. The first-order valence-electron chi connectivity index (χ1n) is 6.23. The Morgan fingerprint density at radius 1 is 1.53 bits per heavy atom. The van der Waals surface area contributed by atoms with Crippen LogP contribution in [0.3, 0.4) is 0 Å². The van der Waals surface area contributed by atoms with Crippen LogP contribution in [0.5, 0.6) is 5.75 Å². The molecule has 4 heteroatoms. The quantitative estimate of drug-likeness (QED) is 0.816. The first-order valence-corrected chi connectivity index (χ1v) is 6.23. The van der Waals surface area contributed by atoms with Gasteiger partial charge in [-0.15, -0.1) is 6.42 Å². The largest absolute Gasteiger partial charge is 0.482 e. The first kappa shape index (κ1) is 13.4. The number of rotatable bonds is 3. The minimum atomic E-state index is -0.380. The number of anilines is 1. The number of terminal acetylenes is 1. The van der Waals surface area contributed by atoms with Crippen molar-refractivity contribution < 1.29 is 9.53 Å². The number of fused-ring (bicyclic) bond motifs is 1. The third-order valence-corrected chi connectivity index (χ3v) is 3.07. The molecule has 0 saturated carbocycles. The van der Waals surface area contributed by atoms with Crippen molar-refractivity contribution in [1.29, 1.82) is 0 Å². The van der Waals surface area contributed by atoms with Gasteiger partial charge in [0.05, 0.1) is 11.2 Å². The van der Waals surface area contributed by atoms with E-state index in [1.165, 1.54) is 0 Å². The van der Waals surface area contributed by atoms with Gasteiger partial charge in [0.2, 0.25) is 0 Å². The van der Waals surface area contributed by atoms with Crippen LogP contribution >= 0.6 is 0 Å². The summed E-state index contributed by atoms with van der Waals surface area (Å²) in [5, 5.41) is 6.15. The summed E-state index contributed by atoms with van der Waals surface area (Å²) in [5.41, 5.74) is 1.38. The molecule has 0 fully saturated rings. The molecule has 19 heavy (non-hydrogen) atoms. The van der Waals surface area contributed by atoms with Gasteiger partial charge in [-0.2, -0.15) is 0 Å². The molecule has 1 aliphatic rings. The average molecular weight is 258 g/mol. The molecule has 1 atom stereocenters. The maximum absolute atomic E-state index is 11.3. The molecule has 4 nitrogen and oxygen atoms in total. The summed E-state index contributed by atoms with van der Waals surface area (Å²) in [6.07, 6.45) is 5.47. The third kappa shape index (κ3) is 3.07. The number of hydrogen-bond acceptors (Lipinski definition) is 3. The highest BCUT2D eigenvalue weighted by atomic mass is 16.5. The van der Waals surface area contributed by atoms with Crippen LogP contribution in [0.2, 0.25) is 0 Å². The normalized spacial score (nSPS) is 15.8. The highest BCUT2D eigenvalue weighted by Crippen LogP contribution is 2.30. The van der Waals surface area contributed by atoms with Crippen LogP contribution < -0.4 is 15.4 Å². The van der Waals surface area contributed by atoms with Crippen molar-refractivity contribution in [3.8, 4) is 18.1 Å². The second-order valence-electron chi connectivity index (χ2n) is 5.23. The molecule has 0 saturated heterocycles. The summed E-state index contributed by atoms with van der Waals surface area (Å²) in [4.78, 5) is 11.3. The van der Waals surface area contributed by atoms with Gasteiger partial charge in [0.15, 0.2) is 6.61 Å². The van der Waals surface area contributed by atoms with Crippen LogP contribution in [0.25, 0.3) is 0 Å². The van der Waals surface area contributed by atoms with Gasteiger partial charge in [0.25, 0.3) is 5.91 Å². The molecule has 2 rings (SSSR count). The number of ether oxygens (including phenoxy) is 1. The topological polar surface area (TPSA) is 50.4 Å². The summed E-state index contributed by atoms with van der Waals surface area (Å²) >= 11 is 0. The number of benzene rings is 1. The van der Waals surface area contributed by atoms with E-state index < -0.39 is 0 Å². The van der Waals surface area contributed by atoms with E-state index in [0.717, 1.165) is 5.56 Å². The number of carbonyl (C=O) groups excluding carboxylic acids is 1. The summed E-state index contributed by atoms with van der Waals surface area (Å²) in [6.45, 7) is 6.01. The standard InChI is InChI=1S/C15H18N2O2/c1-5-15(3,4)17-10(2)11-6-7-13-12(8-11)16-14(18)9-19-13/h1,6-8,10,17H,9H2,2-4H3,(H,16,18). The highest BCUT2D eigenvalue weighted by Gasteiger charge is 2.20. The van der Waals surface area contributed by atoms with Crippen LogP contribution in [0.15, 0.2) is 18.2 Å². The van der Waals surface area contributed by atoms with Gasteiger partial charge in [0, 0.05) is 6.04 Å². The lowest BCUT2D eigenvalue weighted by Gasteiger charge is -2.26. The molecule has 0 aliphatic carbocycles. The van der Waals surface area contributed by atoms with Crippen molar-refractivity contribution >= 4 is 11.6 Å². The van der Waals surface area contributed by atoms with E-state index in [0.29, 0.717) is 11.4 Å². The van der Waals surface area contributed by atoms with Gasteiger partial charge in [-0.1, -0.05) is 12.0 Å². The molecule has 0 bridgehead atoms. The molecule has 1 amide bonds. The fourth-order valence-corrected chi connectivity index (χ4v) is 2.04. The van der Waals surface area contributed by atoms with E-state index in [9.17, 15) is 4.79 Å². The number of nitrogens with one attached hydrogen (secondary N) is 2. The van der Waals surface area contributed by atoms with Gasteiger partial charge in [-0.25, -0.2) is 0 Å². The Labute approximate surface area is 113 Å². The van der Waals surface area contributed by atoms with Crippen LogP contribution in [0.4, 0.5) is 5.69 Å². The van der Waals surface area contributed by atoms with E-state index in [4.69, 9.17) is 11.2 Å². The van der Waals surface area contributed by atoms with Gasteiger partial charge in [-0.3, -0.25) is 10.1 Å². The number of hydrogen-bond donors (Lipinski definition) is 2. The van der Waals surface area contributed by atoms with Crippen LogP contribution in [-0.4, -0.2) is 18.1 Å². The van der Waals surface area contributed by atoms with Gasteiger partial charge in [-0.05, 0) is 38.5 Å². The first-order chi connectivity index (χ1) is 8.91. The van der Waals surface area contributed by atoms with Crippen molar-refractivity contribution in [1.82, 2.24) is 5.32 Å². The molecule has 1 aliphatic heterocycles. The molecular formula is C15H18N2O2.